The van der Waals surface area contributed by atoms with E-state index in [9.17, 15) is 5.11 Å². The number of nitrogens with one attached hydrogen (secondary N) is 1. The van der Waals surface area contributed by atoms with Gasteiger partial charge in [-0.3, -0.25) is 0 Å². The number of piperidine rings is 1. The van der Waals surface area contributed by atoms with Crippen LogP contribution in [0.25, 0.3) is 0 Å². The van der Waals surface area contributed by atoms with E-state index in [1.807, 2.05) is 30.3 Å². The van der Waals surface area contributed by atoms with Crippen LogP contribution in [0.3, 0.4) is 0 Å². The van der Waals surface area contributed by atoms with Crippen molar-refractivity contribution in [1.82, 2.24) is 5.32 Å². The molecule has 1 spiro atoms. The number of hydrogen-bond acceptors (Lipinski definition) is 4. The van der Waals surface area contributed by atoms with E-state index >= 15 is 0 Å². The summed E-state index contributed by atoms with van der Waals surface area (Å²) in [6.07, 6.45) is 1.97. The lowest BCUT2D eigenvalue weighted by atomic mass is 9.92. The zero-order valence-electron chi connectivity index (χ0n) is 11.5. The van der Waals surface area contributed by atoms with Crippen molar-refractivity contribution in [3.8, 4) is 0 Å². The predicted octanol–water partition coefficient (Wildman–Crippen LogP) is 2.03. The Morgan fingerprint density at radius 3 is 2.65 bits per heavy atom. The van der Waals surface area contributed by atoms with Crippen LogP contribution in [-0.4, -0.2) is 36.7 Å². The number of rotatable bonds is 3. The van der Waals surface area contributed by atoms with Gasteiger partial charge in [0.05, 0.1) is 19.3 Å². The Hall–Kier alpha value is -0.650. The summed E-state index contributed by atoms with van der Waals surface area (Å²) in [7, 11) is 0. The third-order valence-corrected chi connectivity index (χ3v) is 4.00. The van der Waals surface area contributed by atoms with E-state index in [0.29, 0.717) is 19.6 Å². The Kier molecular flexibility index (Phi) is 5.41. The lowest BCUT2D eigenvalue weighted by molar-refractivity contribution is -0.181. The highest BCUT2D eigenvalue weighted by Crippen LogP contribution is 2.33. The smallest absolute Gasteiger partial charge is 0.171 e. The fourth-order valence-electron chi connectivity index (χ4n) is 3.02. The summed E-state index contributed by atoms with van der Waals surface area (Å²) in [6, 6.07) is 10.0. The number of hydrogen-bond donors (Lipinski definition) is 2. The van der Waals surface area contributed by atoms with Gasteiger partial charge in [-0.2, -0.15) is 0 Å². The Balaban J connectivity index is 0.00000147. The van der Waals surface area contributed by atoms with Gasteiger partial charge >= 0.3 is 0 Å². The summed E-state index contributed by atoms with van der Waals surface area (Å²) in [5.41, 5.74) is 0.970. The van der Waals surface area contributed by atoms with Crippen molar-refractivity contribution in [2.45, 2.75) is 37.2 Å². The molecule has 0 saturated carbocycles. The van der Waals surface area contributed by atoms with Crippen molar-refractivity contribution in [3.05, 3.63) is 35.9 Å². The summed E-state index contributed by atoms with van der Waals surface area (Å²) in [5, 5.41) is 13.7. The third-order valence-electron chi connectivity index (χ3n) is 4.00. The van der Waals surface area contributed by atoms with Gasteiger partial charge in [-0.15, -0.1) is 12.4 Å². The van der Waals surface area contributed by atoms with Crippen LogP contribution in [-0.2, 0) is 9.47 Å². The van der Waals surface area contributed by atoms with Crippen LogP contribution in [0.5, 0.6) is 0 Å². The predicted molar refractivity (Wildman–Crippen MR) is 78.9 cm³/mol. The van der Waals surface area contributed by atoms with Gasteiger partial charge in [-0.05, 0) is 12.0 Å². The van der Waals surface area contributed by atoms with Gasteiger partial charge in [0.2, 0.25) is 0 Å². The van der Waals surface area contributed by atoms with Crippen LogP contribution in [0.2, 0.25) is 0 Å². The number of benzene rings is 1. The highest BCUT2D eigenvalue weighted by atomic mass is 35.5. The summed E-state index contributed by atoms with van der Waals surface area (Å²) >= 11 is 0. The van der Waals surface area contributed by atoms with Crippen LogP contribution < -0.4 is 5.32 Å². The van der Waals surface area contributed by atoms with Crippen molar-refractivity contribution >= 4 is 12.4 Å². The fourth-order valence-corrected chi connectivity index (χ4v) is 3.02. The van der Waals surface area contributed by atoms with Crippen LogP contribution in [0.1, 0.15) is 30.9 Å². The summed E-state index contributed by atoms with van der Waals surface area (Å²) in [5.74, 6) is -0.397. The van der Waals surface area contributed by atoms with E-state index in [1.165, 1.54) is 0 Å². The highest BCUT2D eigenvalue weighted by molar-refractivity contribution is 5.85. The Bertz CT molecular complexity index is 409. The molecule has 2 aliphatic rings. The maximum atomic E-state index is 10.3. The summed E-state index contributed by atoms with van der Waals surface area (Å²) in [4.78, 5) is 0. The van der Waals surface area contributed by atoms with Crippen molar-refractivity contribution in [3.63, 3.8) is 0 Å². The molecule has 2 unspecified atom stereocenters. The molecule has 2 aliphatic heterocycles. The zero-order valence-corrected chi connectivity index (χ0v) is 12.3. The second kappa shape index (κ2) is 6.87. The molecule has 2 N–H and O–H groups in total. The molecule has 1 aromatic carbocycles. The minimum absolute atomic E-state index is 0. The average Bonchev–Trinajstić information content (AvgIpc) is 2.88. The SMILES string of the molecule is Cl.OC(CC1CC2(CCN1)OCCO2)c1ccccc1. The van der Waals surface area contributed by atoms with Crippen LogP contribution in [0.4, 0.5) is 0 Å². The van der Waals surface area contributed by atoms with Crippen molar-refractivity contribution in [2.24, 2.45) is 0 Å². The Morgan fingerprint density at radius 2 is 1.95 bits per heavy atom. The van der Waals surface area contributed by atoms with E-state index < -0.39 is 11.9 Å². The van der Waals surface area contributed by atoms with Gasteiger partial charge in [-0.1, -0.05) is 30.3 Å². The zero-order chi connectivity index (χ0) is 13.1. The molecule has 4 nitrogen and oxygen atoms in total. The molecule has 0 aromatic heterocycles. The molecule has 2 fully saturated rings. The first-order valence-electron chi connectivity index (χ1n) is 7.02. The Morgan fingerprint density at radius 1 is 1.25 bits per heavy atom. The number of ether oxygens (including phenoxy) is 2. The molecule has 5 heteroatoms. The maximum Gasteiger partial charge on any atom is 0.171 e. The molecule has 2 heterocycles. The Labute approximate surface area is 125 Å². The first-order valence-corrected chi connectivity index (χ1v) is 7.02. The normalized spacial score (nSPS) is 26.1. The molecule has 3 rings (SSSR count). The molecule has 20 heavy (non-hydrogen) atoms. The number of aliphatic hydroxyl groups is 1. The second-order valence-corrected chi connectivity index (χ2v) is 5.37. The van der Waals surface area contributed by atoms with Gasteiger partial charge in [0.15, 0.2) is 5.79 Å². The minimum Gasteiger partial charge on any atom is -0.388 e. The van der Waals surface area contributed by atoms with Crippen molar-refractivity contribution in [2.75, 3.05) is 19.8 Å². The monoisotopic (exact) mass is 299 g/mol. The van der Waals surface area contributed by atoms with Gasteiger partial charge in [0.1, 0.15) is 0 Å². The van der Waals surface area contributed by atoms with Crippen molar-refractivity contribution < 1.29 is 14.6 Å². The van der Waals surface area contributed by atoms with Gasteiger partial charge < -0.3 is 19.9 Å². The number of aliphatic hydroxyl groups excluding tert-OH is 1. The minimum atomic E-state index is -0.435. The number of halogens is 1. The van der Waals surface area contributed by atoms with E-state index in [1.54, 1.807) is 0 Å². The van der Waals surface area contributed by atoms with Crippen LogP contribution in [0.15, 0.2) is 30.3 Å². The first kappa shape index (κ1) is 15.7. The summed E-state index contributed by atoms with van der Waals surface area (Å²) in [6.45, 7) is 2.26. The van der Waals surface area contributed by atoms with E-state index in [0.717, 1.165) is 24.9 Å². The molecule has 0 bridgehead atoms. The molecule has 0 amide bonds. The van der Waals surface area contributed by atoms with E-state index in [4.69, 9.17) is 9.47 Å². The molecule has 2 saturated heterocycles. The largest absolute Gasteiger partial charge is 0.388 e. The van der Waals surface area contributed by atoms with Crippen LogP contribution >= 0.6 is 12.4 Å². The van der Waals surface area contributed by atoms with E-state index in [2.05, 4.69) is 5.32 Å². The molecule has 0 radical (unpaired) electrons. The van der Waals surface area contributed by atoms with Gasteiger partial charge in [0, 0.05) is 25.4 Å². The molecular formula is C15H22ClNO3. The quantitative estimate of drug-likeness (QED) is 0.897. The molecule has 2 atom stereocenters. The molecule has 1 aromatic rings. The average molecular weight is 300 g/mol. The molecular weight excluding hydrogens is 278 g/mol. The highest BCUT2D eigenvalue weighted by Gasteiger charge is 2.41. The van der Waals surface area contributed by atoms with Gasteiger partial charge in [-0.25, -0.2) is 0 Å². The summed E-state index contributed by atoms with van der Waals surface area (Å²) < 4.78 is 11.5. The topological polar surface area (TPSA) is 50.7 Å². The molecule has 0 aliphatic carbocycles. The second-order valence-electron chi connectivity index (χ2n) is 5.37. The lowest BCUT2D eigenvalue weighted by Gasteiger charge is -2.37. The third kappa shape index (κ3) is 3.51. The first-order chi connectivity index (χ1) is 9.27. The van der Waals surface area contributed by atoms with Crippen molar-refractivity contribution in [1.29, 1.82) is 0 Å². The maximum absolute atomic E-state index is 10.3. The lowest BCUT2D eigenvalue weighted by Crippen LogP contribution is -2.49. The molecule has 112 valence electrons. The fraction of sp³-hybridized carbons (Fsp3) is 0.600. The van der Waals surface area contributed by atoms with E-state index in [-0.39, 0.29) is 18.4 Å². The van der Waals surface area contributed by atoms with Gasteiger partial charge in [0.25, 0.3) is 0 Å². The van der Waals surface area contributed by atoms with Crippen LogP contribution in [0, 0.1) is 0 Å². The standard InChI is InChI=1S/C15H21NO3.ClH/c17-14(12-4-2-1-3-5-12)10-13-11-15(6-7-16-13)18-8-9-19-15;/h1-5,13-14,16-17H,6-11H2;1H.